The minimum absolute atomic E-state index is 0.362. The first-order chi connectivity index (χ1) is 14.3. The van der Waals surface area contributed by atoms with E-state index in [2.05, 4.69) is 43.2 Å². The first-order valence-electron chi connectivity index (χ1n) is 9.85. The molecule has 3 N–H and O–H groups in total. The third-order valence-electron chi connectivity index (χ3n) is 4.80. The molecule has 2 amide bonds. The predicted molar refractivity (Wildman–Crippen MR) is 117 cm³/mol. The van der Waals surface area contributed by atoms with Crippen molar-refractivity contribution in [3.63, 3.8) is 0 Å². The van der Waals surface area contributed by atoms with Crippen LogP contribution in [0.5, 0.6) is 0 Å². The molecule has 0 saturated carbocycles. The van der Waals surface area contributed by atoms with Crippen LogP contribution in [-0.4, -0.2) is 29.3 Å². The number of carbonyl (C=O) groups is 1. The minimum atomic E-state index is -0.362. The molecule has 3 aromatic rings. The third-order valence-corrected chi connectivity index (χ3v) is 4.80. The highest BCUT2D eigenvalue weighted by Gasteiger charge is 2.10. The number of benzene rings is 2. The molecule has 7 nitrogen and oxygen atoms in total. The Balaban J connectivity index is 1.31. The Morgan fingerprint density at radius 3 is 2.10 bits per heavy atom. The highest BCUT2D eigenvalue weighted by molar-refractivity contribution is 5.99. The molecule has 1 aromatic heterocycles. The quantitative estimate of drug-likeness (QED) is 0.582. The highest BCUT2D eigenvalue weighted by atomic mass is 16.2. The Kier molecular flexibility index (Phi) is 5.85. The van der Waals surface area contributed by atoms with Gasteiger partial charge in [-0.25, -0.2) is 4.79 Å². The average Bonchev–Trinajstić information content (AvgIpc) is 2.77. The van der Waals surface area contributed by atoms with Gasteiger partial charge in [-0.15, -0.1) is 10.2 Å². The van der Waals surface area contributed by atoms with E-state index in [1.165, 1.54) is 24.9 Å². The minimum Gasteiger partial charge on any atom is -0.372 e. The number of amides is 2. The summed E-state index contributed by atoms with van der Waals surface area (Å²) < 4.78 is 0. The van der Waals surface area contributed by atoms with Gasteiger partial charge in [0.2, 0.25) is 0 Å². The number of aromatic nitrogens is 2. The van der Waals surface area contributed by atoms with E-state index in [1.807, 2.05) is 42.5 Å². The standard InChI is InChI=1S/C22H24N6O/c29-22(24-17-7-3-1-4-8-17)25-21-14-13-20(26-27-21)23-18-9-11-19(12-10-18)28-15-5-2-6-16-28/h1,3-4,7-14H,2,5-6,15-16H2,(H,23,26)(H2,24,25,27,29). The molecule has 2 aromatic carbocycles. The number of carbonyl (C=O) groups excluding carboxylic acids is 1. The summed E-state index contributed by atoms with van der Waals surface area (Å²) in [6.07, 6.45) is 3.85. The lowest BCUT2D eigenvalue weighted by Crippen LogP contribution is -2.29. The molecule has 0 atom stereocenters. The Bertz CT molecular complexity index is 922. The third kappa shape index (κ3) is 5.22. The molecule has 0 spiro atoms. The maximum atomic E-state index is 12.0. The average molecular weight is 388 g/mol. The molecule has 4 rings (SSSR count). The van der Waals surface area contributed by atoms with E-state index in [4.69, 9.17) is 0 Å². The number of urea groups is 1. The number of piperidine rings is 1. The first-order valence-corrected chi connectivity index (χ1v) is 9.85. The van der Waals surface area contributed by atoms with E-state index in [-0.39, 0.29) is 6.03 Å². The number of anilines is 5. The van der Waals surface area contributed by atoms with Crippen molar-refractivity contribution in [2.24, 2.45) is 0 Å². The SMILES string of the molecule is O=C(Nc1ccccc1)Nc1ccc(Nc2ccc(N3CCCCC3)cc2)nn1. The van der Waals surface area contributed by atoms with Crippen LogP contribution in [0.1, 0.15) is 19.3 Å². The normalized spacial score (nSPS) is 13.6. The molecular formula is C22H24N6O. The van der Waals surface area contributed by atoms with Gasteiger partial charge in [-0.05, 0) is 67.8 Å². The van der Waals surface area contributed by atoms with Crippen LogP contribution in [-0.2, 0) is 0 Å². The lowest BCUT2D eigenvalue weighted by atomic mass is 10.1. The topological polar surface area (TPSA) is 82.2 Å². The predicted octanol–water partition coefficient (Wildman–Crippen LogP) is 4.85. The van der Waals surface area contributed by atoms with Crippen molar-refractivity contribution >= 4 is 34.7 Å². The molecule has 1 aliphatic rings. The van der Waals surface area contributed by atoms with Gasteiger partial charge in [0, 0.05) is 30.2 Å². The summed E-state index contributed by atoms with van der Waals surface area (Å²) in [5, 5.41) is 16.8. The zero-order valence-electron chi connectivity index (χ0n) is 16.1. The Hall–Kier alpha value is -3.61. The number of rotatable bonds is 5. The van der Waals surface area contributed by atoms with E-state index in [9.17, 15) is 4.79 Å². The molecule has 1 aliphatic heterocycles. The van der Waals surface area contributed by atoms with Crippen LogP contribution in [0.25, 0.3) is 0 Å². The fraction of sp³-hybridized carbons (Fsp3) is 0.227. The molecule has 0 unspecified atom stereocenters. The summed E-state index contributed by atoms with van der Waals surface area (Å²) in [4.78, 5) is 14.4. The van der Waals surface area contributed by atoms with Crippen molar-refractivity contribution in [2.45, 2.75) is 19.3 Å². The lowest BCUT2D eigenvalue weighted by molar-refractivity contribution is 0.262. The van der Waals surface area contributed by atoms with Gasteiger partial charge in [0.15, 0.2) is 11.6 Å². The molecule has 2 heterocycles. The lowest BCUT2D eigenvalue weighted by Gasteiger charge is -2.28. The maximum absolute atomic E-state index is 12.0. The largest absolute Gasteiger partial charge is 0.372 e. The number of hydrogen-bond donors (Lipinski definition) is 3. The Morgan fingerprint density at radius 1 is 0.724 bits per heavy atom. The van der Waals surface area contributed by atoms with Crippen LogP contribution in [0.4, 0.5) is 33.5 Å². The highest BCUT2D eigenvalue weighted by Crippen LogP contribution is 2.23. The molecular weight excluding hydrogens is 364 g/mol. The summed E-state index contributed by atoms with van der Waals surface area (Å²) in [7, 11) is 0. The van der Waals surface area contributed by atoms with E-state index in [0.29, 0.717) is 17.3 Å². The zero-order valence-corrected chi connectivity index (χ0v) is 16.1. The molecule has 29 heavy (non-hydrogen) atoms. The zero-order chi connectivity index (χ0) is 19.9. The van der Waals surface area contributed by atoms with Crippen LogP contribution in [0.3, 0.4) is 0 Å². The van der Waals surface area contributed by atoms with Crippen LogP contribution >= 0.6 is 0 Å². The van der Waals surface area contributed by atoms with E-state index in [1.54, 1.807) is 12.1 Å². The van der Waals surface area contributed by atoms with Gasteiger partial charge in [-0.2, -0.15) is 0 Å². The van der Waals surface area contributed by atoms with Gasteiger partial charge in [0.1, 0.15) is 0 Å². The Labute approximate surface area is 170 Å². The Morgan fingerprint density at radius 2 is 1.41 bits per heavy atom. The maximum Gasteiger partial charge on any atom is 0.324 e. The van der Waals surface area contributed by atoms with Gasteiger partial charge in [-0.1, -0.05) is 18.2 Å². The van der Waals surface area contributed by atoms with Crippen molar-refractivity contribution in [2.75, 3.05) is 33.9 Å². The van der Waals surface area contributed by atoms with Gasteiger partial charge >= 0.3 is 6.03 Å². The van der Waals surface area contributed by atoms with Crippen LogP contribution in [0.2, 0.25) is 0 Å². The van der Waals surface area contributed by atoms with E-state index in [0.717, 1.165) is 18.8 Å². The van der Waals surface area contributed by atoms with Crippen molar-refractivity contribution in [3.8, 4) is 0 Å². The van der Waals surface area contributed by atoms with E-state index < -0.39 is 0 Å². The van der Waals surface area contributed by atoms with Crippen LogP contribution < -0.4 is 20.9 Å². The van der Waals surface area contributed by atoms with Crippen molar-refractivity contribution < 1.29 is 4.79 Å². The molecule has 0 bridgehead atoms. The second-order valence-corrected chi connectivity index (χ2v) is 6.97. The number of nitrogens with one attached hydrogen (secondary N) is 3. The van der Waals surface area contributed by atoms with Gasteiger partial charge < -0.3 is 15.5 Å². The van der Waals surface area contributed by atoms with Gasteiger partial charge in [0.25, 0.3) is 0 Å². The number of para-hydroxylation sites is 1. The first kappa shape index (κ1) is 18.7. The second-order valence-electron chi connectivity index (χ2n) is 6.97. The van der Waals surface area contributed by atoms with Crippen LogP contribution in [0.15, 0.2) is 66.7 Å². The van der Waals surface area contributed by atoms with Crippen molar-refractivity contribution in [3.05, 3.63) is 66.7 Å². The fourth-order valence-electron chi connectivity index (χ4n) is 3.32. The summed E-state index contributed by atoms with van der Waals surface area (Å²) in [6.45, 7) is 2.26. The number of nitrogens with zero attached hydrogens (tertiary/aromatic N) is 3. The van der Waals surface area contributed by atoms with Crippen molar-refractivity contribution in [1.82, 2.24) is 10.2 Å². The molecule has 0 radical (unpaired) electrons. The summed E-state index contributed by atoms with van der Waals surface area (Å²) in [5.41, 5.74) is 2.91. The van der Waals surface area contributed by atoms with Crippen LogP contribution in [0, 0.1) is 0 Å². The van der Waals surface area contributed by atoms with Crippen molar-refractivity contribution in [1.29, 1.82) is 0 Å². The number of hydrogen-bond acceptors (Lipinski definition) is 5. The second kappa shape index (κ2) is 9.05. The van der Waals surface area contributed by atoms with E-state index >= 15 is 0 Å². The molecule has 1 saturated heterocycles. The summed E-state index contributed by atoms with van der Waals surface area (Å²) >= 11 is 0. The monoisotopic (exact) mass is 388 g/mol. The smallest absolute Gasteiger partial charge is 0.324 e. The molecule has 1 fully saturated rings. The summed E-state index contributed by atoms with van der Waals surface area (Å²) in [6, 6.07) is 20.7. The molecule has 7 heteroatoms. The summed E-state index contributed by atoms with van der Waals surface area (Å²) in [5.74, 6) is 0.995. The van der Waals surface area contributed by atoms with Gasteiger partial charge in [0.05, 0.1) is 0 Å². The fourth-order valence-corrected chi connectivity index (χ4v) is 3.32. The molecule has 148 valence electrons. The van der Waals surface area contributed by atoms with Gasteiger partial charge in [-0.3, -0.25) is 5.32 Å². The molecule has 0 aliphatic carbocycles.